The smallest absolute Gasteiger partial charge is 0.191 e. The monoisotopic (exact) mass is 385 g/mol. The molecule has 0 aliphatic rings. The van der Waals surface area contributed by atoms with E-state index in [2.05, 4.69) is 15.2 Å². The second-order valence-electron chi connectivity index (χ2n) is 5.70. The van der Waals surface area contributed by atoms with E-state index in [0.717, 1.165) is 33.6 Å². The summed E-state index contributed by atoms with van der Waals surface area (Å²) in [7, 11) is 3.61. The van der Waals surface area contributed by atoms with Crippen LogP contribution in [0.3, 0.4) is 0 Å². The Morgan fingerprint density at radius 1 is 1.12 bits per heavy atom. The van der Waals surface area contributed by atoms with Crippen molar-refractivity contribution in [2.75, 3.05) is 7.11 Å². The van der Waals surface area contributed by atoms with Gasteiger partial charge in [0.25, 0.3) is 0 Å². The summed E-state index contributed by atoms with van der Waals surface area (Å²) < 4.78 is 9.32. The number of nitrogens with zero attached hydrogens (tertiary/aromatic N) is 5. The maximum atomic E-state index is 6.02. The van der Waals surface area contributed by atoms with Gasteiger partial charge >= 0.3 is 0 Å². The summed E-state index contributed by atoms with van der Waals surface area (Å²) in [6, 6.07) is 11.5. The summed E-state index contributed by atoms with van der Waals surface area (Å²) in [5.74, 6) is 2.24. The van der Waals surface area contributed by atoms with Gasteiger partial charge in [-0.1, -0.05) is 35.5 Å². The predicted octanol–water partition coefficient (Wildman–Crippen LogP) is 4.08. The maximum absolute atomic E-state index is 6.02. The lowest BCUT2D eigenvalue weighted by Gasteiger charge is -2.07. The van der Waals surface area contributed by atoms with Crippen LogP contribution < -0.4 is 4.74 Å². The highest BCUT2D eigenvalue weighted by Gasteiger charge is 2.15. The molecule has 0 amide bonds. The Hall–Kier alpha value is -2.51. The summed E-state index contributed by atoms with van der Waals surface area (Å²) in [5.41, 5.74) is 2.75. The Labute approximate surface area is 159 Å². The van der Waals surface area contributed by atoms with E-state index in [0.29, 0.717) is 10.8 Å². The van der Waals surface area contributed by atoms with Crippen LogP contribution in [0.5, 0.6) is 5.75 Å². The fourth-order valence-electron chi connectivity index (χ4n) is 2.73. The third-order valence-corrected chi connectivity index (χ3v) is 5.27. The van der Waals surface area contributed by atoms with Gasteiger partial charge in [0.2, 0.25) is 0 Å². The molecule has 26 heavy (non-hydrogen) atoms. The number of ether oxygens (including phenoxy) is 1. The van der Waals surface area contributed by atoms with Crippen LogP contribution in [0.2, 0.25) is 5.02 Å². The van der Waals surface area contributed by atoms with Crippen molar-refractivity contribution in [1.82, 2.24) is 24.1 Å². The van der Waals surface area contributed by atoms with Crippen molar-refractivity contribution < 1.29 is 4.74 Å². The zero-order valence-electron chi connectivity index (χ0n) is 14.3. The first-order chi connectivity index (χ1) is 12.7. The van der Waals surface area contributed by atoms with Gasteiger partial charge in [-0.3, -0.25) is 0 Å². The number of halogens is 1. The lowest BCUT2D eigenvalue weighted by atomic mass is 10.2. The molecule has 0 unspecified atom stereocenters. The minimum Gasteiger partial charge on any atom is -0.496 e. The van der Waals surface area contributed by atoms with Crippen LogP contribution >= 0.6 is 23.4 Å². The highest BCUT2D eigenvalue weighted by atomic mass is 35.5. The van der Waals surface area contributed by atoms with Gasteiger partial charge in [-0.05, 0) is 24.3 Å². The molecule has 6 nitrogen and oxygen atoms in total. The van der Waals surface area contributed by atoms with Crippen LogP contribution in [0, 0.1) is 0 Å². The van der Waals surface area contributed by atoms with Crippen LogP contribution in [-0.2, 0) is 12.8 Å². The molecule has 0 aliphatic carbocycles. The fraction of sp³-hybridized carbons (Fsp3) is 0.167. The number of para-hydroxylation sites is 1. The number of pyridine rings is 1. The maximum Gasteiger partial charge on any atom is 0.191 e. The fourth-order valence-corrected chi connectivity index (χ4v) is 3.69. The van der Waals surface area contributed by atoms with Gasteiger partial charge in [0, 0.05) is 25.2 Å². The van der Waals surface area contributed by atoms with E-state index < -0.39 is 0 Å². The lowest BCUT2D eigenvalue weighted by Crippen LogP contribution is -1.97. The molecule has 0 fully saturated rings. The van der Waals surface area contributed by atoms with Gasteiger partial charge < -0.3 is 13.7 Å². The number of hydrogen-bond donors (Lipinski definition) is 0. The molecule has 0 saturated carbocycles. The van der Waals surface area contributed by atoms with Crippen LogP contribution in [0.15, 0.2) is 53.9 Å². The SMILES string of the molecule is COc1ccccc1-c1nnc(SCc2cn3cc(Cl)ccc3n2)n1C. The highest BCUT2D eigenvalue weighted by Crippen LogP contribution is 2.30. The molecule has 4 rings (SSSR count). The number of fused-ring (bicyclic) bond motifs is 1. The summed E-state index contributed by atoms with van der Waals surface area (Å²) >= 11 is 7.61. The molecule has 3 aromatic heterocycles. The molecule has 4 aromatic rings. The average molecular weight is 386 g/mol. The minimum absolute atomic E-state index is 0.684. The number of rotatable bonds is 5. The van der Waals surface area contributed by atoms with Crippen molar-refractivity contribution in [3.05, 3.63) is 59.5 Å². The van der Waals surface area contributed by atoms with E-state index >= 15 is 0 Å². The Bertz CT molecular complexity index is 1070. The zero-order chi connectivity index (χ0) is 18.1. The van der Waals surface area contributed by atoms with Crippen molar-refractivity contribution in [2.24, 2.45) is 7.05 Å². The van der Waals surface area contributed by atoms with Crippen LogP contribution in [0.25, 0.3) is 17.0 Å². The van der Waals surface area contributed by atoms with Crippen molar-refractivity contribution in [2.45, 2.75) is 10.9 Å². The Kier molecular flexibility index (Phi) is 4.57. The van der Waals surface area contributed by atoms with Crippen LogP contribution in [0.4, 0.5) is 0 Å². The molecule has 3 heterocycles. The molecule has 0 N–H and O–H groups in total. The molecular weight excluding hydrogens is 370 g/mol. The molecule has 0 aliphatic heterocycles. The number of thioether (sulfide) groups is 1. The third-order valence-electron chi connectivity index (χ3n) is 4.00. The predicted molar refractivity (Wildman–Crippen MR) is 103 cm³/mol. The quantitative estimate of drug-likeness (QED) is 0.484. The topological polar surface area (TPSA) is 57.2 Å². The minimum atomic E-state index is 0.684. The zero-order valence-corrected chi connectivity index (χ0v) is 15.8. The number of aromatic nitrogens is 5. The van der Waals surface area contributed by atoms with Crippen LogP contribution in [-0.4, -0.2) is 31.3 Å². The number of hydrogen-bond acceptors (Lipinski definition) is 5. The Morgan fingerprint density at radius 3 is 2.81 bits per heavy atom. The number of imidazole rings is 1. The largest absolute Gasteiger partial charge is 0.496 e. The van der Waals surface area contributed by atoms with E-state index in [1.807, 2.05) is 64.8 Å². The molecule has 0 bridgehead atoms. The first-order valence-corrected chi connectivity index (χ1v) is 9.31. The van der Waals surface area contributed by atoms with Crippen molar-refractivity contribution in [3.8, 4) is 17.1 Å². The lowest BCUT2D eigenvalue weighted by molar-refractivity contribution is 0.416. The first-order valence-electron chi connectivity index (χ1n) is 7.94. The molecule has 8 heteroatoms. The number of methoxy groups -OCH3 is 1. The Morgan fingerprint density at radius 2 is 1.96 bits per heavy atom. The van der Waals surface area contributed by atoms with Gasteiger partial charge in [-0.25, -0.2) is 4.98 Å². The van der Waals surface area contributed by atoms with Crippen molar-refractivity contribution in [3.63, 3.8) is 0 Å². The normalized spacial score (nSPS) is 11.2. The molecule has 0 atom stereocenters. The van der Waals surface area contributed by atoms with Crippen molar-refractivity contribution in [1.29, 1.82) is 0 Å². The molecule has 1 aromatic carbocycles. The van der Waals surface area contributed by atoms with Crippen LogP contribution in [0.1, 0.15) is 5.69 Å². The van der Waals surface area contributed by atoms with Crippen molar-refractivity contribution >= 4 is 29.0 Å². The van der Waals surface area contributed by atoms with Gasteiger partial charge in [0.15, 0.2) is 11.0 Å². The molecule has 0 spiro atoms. The summed E-state index contributed by atoms with van der Waals surface area (Å²) in [6.07, 6.45) is 3.83. The summed E-state index contributed by atoms with van der Waals surface area (Å²) in [4.78, 5) is 4.60. The van der Waals surface area contributed by atoms with E-state index in [1.165, 1.54) is 0 Å². The molecular formula is C18H16ClN5OS. The summed E-state index contributed by atoms with van der Waals surface area (Å²) in [6.45, 7) is 0. The second-order valence-corrected chi connectivity index (χ2v) is 7.08. The van der Waals surface area contributed by atoms with Gasteiger partial charge in [-0.15, -0.1) is 10.2 Å². The highest BCUT2D eigenvalue weighted by molar-refractivity contribution is 7.98. The summed E-state index contributed by atoms with van der Waals surface area (Å²) in [5, 5.41) is 10.2. The van der Waals surface area contributed by atoms with Gasteiger partial charge in [-0.2, -0.15) is 0 Å². The molecule has 0 saturated heterocycles. The van der Waals surface area contributed by atoms with E-state index in [-0.39, 0.29) is 0 Å². The van der Waals surface area contributed by atoms with E-state index in [1.54, 1.807) is 18.9 Å². The molecule has 0 radical (unpaired) electrons. The van der Waals surface area contributed by atoms with E-state index in [4.69, 9.17) is 16.3 Å². The van der Waals surface area contributed by atoms with Gasteiger partial charge in [0.1, 0.15) is 11.4 Å². The molecule has 132 valence electrons. The Balaban J connectivity index is 1.56. The van der Waals surface area contributed by atoms with Gasteiger partial charge in [0.05, 0.1) is 23.4 Å². The van der Waals surface area contributed by atoms with E-state index in [9.17, 15) is 0 Å². The first kappa shape index (κ1) is 16.9. The number of benzene rings is 1. The standard InChI is InChI=1S/C18H16ClN5OS/c1-23-17(14-5-3-4-6-15(14)25-2)21-22-18(23)26-11-13-10-24-9-12(19)7-8-16(24)20-13/h3-10H,11H2,1-2H3. The average Bonchev–Trinajstić information content (AvgIpc) is 3.22. The third kappa shape index (κ3) is 3.15. The second kappa shape index (κ2) is 7.01.